The fourth-order valence-electron chi connectivity index (χ4n) is 3.30. The minimum absolute atomic E-state index is 0.0931. The summed E-state index contributed by atoms with van der Waals surface area (Å²) in [5.41, 5.74) is 8.63. The van der Waals surface area contributed by atoms with E-state index >= 15 is 0 Å². The van der Waals surface area contributed by atoms with Crippen LogP contribution in [0, 0.1) is 11.7 Å². The van der Waals surface area contributed by atoms with E-state index in [4.69, 9.17) is 5.73 Å². The van der Waals surface area contributed by atoms with Crippen LogP contribution in [-0.4, -0.2) is 16.8 Å². The number of aromatic nitrogens is 1. The van der Waals surface area contributed by atoms with Crippen molar-refractivity contribution < 1.29 is 14.0 Å². The lowest BCUT2D eigenvalue weighted by Crippen LogP contribution is -2.19. The Hall–Kier alpha value is -3.54. The number of para-hydroxylation sites is 1. The van der Waals surface area contributed by atoms with E-state index in [0.717, 1.165) is 23.2 Å². The van der Waals surface area contributed by atoms with Crippen LogP contribution in [0.5, 0.6) is 0 Å². The van der Waals surface area contributed by atoms with Gasteiger partial charge in [-0.15, -0.1) is 0 Å². The molecule has 1 fully saturated rings. The van der Waals surface area contributed by atoms with E-state index in [1.165, 1.54) is 12.1 Å². The van der Waals surface area contributed by atoms with E-state index in [9.17, 15) is 14.0 Å². The summed E-state index contributed by atoms with van der Waals surface area (Å²) in [6, 6.07) is 16.7. The molecule has 1 heterocycles. The molecule has 6 heteroatoms. The maximum absolute atomic E-state index is 13.0. The number of nitrogens with two attached hydrogens (primary N) is 1. The number of nitrogens with zero attached hydrogens (tertiary/aromatic N) is 1. The molecule has 0 aliphatic heterocycles. The lowest BCUT2D eigenvalue weighted by atomic mass is 10.1. The second-order valence-electron chi connectivity index (χ2n) is 6.83. The fourth-order valence-corrected chi connectivity index (χ4v) is 3.30. The van der Waals surface area contributed by atoms with E-state index < -0.39 is 5.91 Å². The first kappa shape index (κ1) is 17.9. The molecule has 0 saturated heterocycles. The molecule has 140 valence electrons. The first-order valence-corrected chi connectivity index (χ1v) is 8.94. The monoisotopic (exact) mass is 375 g/mol. The van der Waals surface area contributed by atoms with Crippen molar-refractivity contribution in [2.75, 3.05) is 5.32 Å². The highest BCUT2D eigenvalue weighted by molar-refractivity contribution is 6.04. The van der Waals surface area contributed by atoms with E-state index in [1.54, 1.807) is 42.6 Å². The summed E-state index contributed by atoms with van der Waals surface area (Å²) in [5, 5.41) is 2.80. The molecule has 1 saturated carbocycles. The van der Waals surface area contributed by atoms with Crippen LogP contribution in [0.15, 0.2) is 66.9 Å². The topological polar surface area (TPSA) is 85.1 Å². The molecular weight excluding hydrogens is 357 g/mol. The van der Waals surface area contributed by atoms with Crippen molar-refractivity contribution in [1.29, 1.82) is 0 Å². The summed E-state index contributed by atoms with van der Waals surface area (Å²) >= 11 is 0. The molecular formula is C22H18FN3O2. The molecule has 2 amide bonds. The second kappa shape index (κ2) is 7.23. The molecule has 0 spiro atoms. The van der Waals surface area contributed by atoms with Crippen molar-refractivity contribution >= 4 is 17.5 Å². The zero-order valence-electron chi connectivity index (χ0n) is 14.9. The smallest absolute Gasteiger partial charge is 0.250 e. The molecule has 0 radical (unpaired) electrons. The van der Waals surface area contributed by atoms with Gasteiger partial charge in [0, 0.05) is 17.7 Å². The van der Waals surface area contributed by atoms with Gasteiger partial charge in [-0.3, -0.25) is 14.6 Å². The van der Waals surface area contributed by atoms with Crippen molar-refractivity contribution in [1.82, 2.24) is 4.98 Å². The first-order valence-electron chi connectivity index (χ1n) is 8.94. The number of hydrogen-bond donors (Lipinski definition) is 2. The molecule has 1 aliphatic carbocycles. The highest BCUT2D eigenvalue weighted by atomic mass is 19.1. The number of anilines is 1. The van der Waals surface area contributed by atoms with Crippen LogP contribution in [0.2, 0.25) is 0 Å². The average Bonchev–Trinajstić information content (AvgIpc) is 3.50. The molecule has 2 aromatic carbocycles. The number of halogens is 1. The molecule has 28 heavy (non-hydrogen) atoms. The largest absolute Gasteiger partial charge is 0.366 e. The predicted molar refractivity (Wildman–Crippen MR) is 104 cm³/mol. The zero-order chi connectivity index (χ0) is 19.7. The Balaban J connectivity index is 1.43. The van der Waals surface area contributed by atoms with Crippen LogP contribution in [0.4, 0.5) is 10.1 Å². The van der Waals surface area contributed by atoms with Gasteiger partial charge in [0.2, 0.25) is 5.91 Å². The number of benzene rings is 2. The molecule has 1 aliphatic rings. The van der Waals surface area contributed by atoms with Gasteiger partial charge >= 0.3 is 0 Å². The van der Waals surface area contributed by atoms with Crippen LogP contribution in [-0.2, 0) is 4.79 Å². The quantitative estimate of drug-likeness (QED) is 0.713. The number of hydrogen-bond acceptors (Lipinski definition) is 3. The maximum atomic E-state index is 13.0. The number of amides is 2. The number of carbonyl (C=O) groups excluding carboxylic acids is 2. The summed E-state index contributed by atoms with van der Waals surface area (Å²) in [4.78, 5) is 28.5. The van der Waals surface area contributed by atoms with E-state index in [0.29, 0.717) is 11.3 Å². The van der Waals surface area contributed by atoms with Crippen LogP contribution in [0.25, 0.3) is 11.3 Å². The van der Waals surface area contributed by atoms with E-state index in [2.05, 4.69) is 10.3 Å². The summed E-state index contributed by atoms with van der Waals surface area (Å²) in [5.74, 6) is -1.08. The summed E-state index contributed by atoms with van der Waals surface area (Å²) in [6.07, 6.45) is 2.48. The van der Waals surface area contributed by atoms with Crippen LogP contribution < -0.4 is 11.1 Å². The molecule has 2 atom stereocenters. The number of rotatable bonds is 5. The van der Waals surface area contributed by atoms with E-state index in [-0.39, 0.29) is 23.6 Å². The van der Waals surface area contributed by atoms with Gasteiger partial charge in [0.25, 0.3) is 5.91 Å². The highest BCUT2D eigenvalue weighted by Crippen LogP contribution is 2.48. The van der Waals surface area contributed by atoms with Gasteiger partial charge in [-0.2, -0.15) is 0 Å². The molecule has 3 N–H and O–H groups in total. The fraction of sp³-hybridized carbons (Fsp3) is 0.136. The SMILES string of the molecule is NC(=O)c1ccccc1NC(=O)[C@@H]1C[C@H]1c1ccc(-c2ccc(F)cc2)nc1. The Labute approximate surface area is 161 Å². The third-order valence-electron chi connectivity index (χ3n) is 4.93. The van der Waals surface area contributed by atoms with Gasteiger partial charge in [-0.05, 0) is 60.4 Å². The summed E-state index contributed by atoms with van der Waals surface area (Å²) in [7, 11) is 0. The first-order chi connectivity index (χ1) is 13.5. The van der Waals surface area contributed by atoms with Crippen molar-refractivity contribution in [2.45, 2.75) is 12.3 Å². The summed E-state index contributed by atoms with van der Waals surface area (Å²) < 4.78 is 13.0. The molecule has 1 aromatic heterocycles. The number of nitrogens with one attached hydrogen (secondary N) is 1. The van der Waals surface area contributed by atoms with Gasteiger partial charge in [-0.25, -0.2) is 4.39 Å². The minimum atomic E-state index is -0.580. The second-order valence-corrected chi connectivity index (χ2v) is 6.83. The van der Waals surface area contributed by atoms with Crippen LogP contribution in [0.1, 0.15) is 28.3 Å². The molecule has 0 bridgehead atoms. The standard InChI is InChI=1S/C22H18FN3O2/c23-15-8-5-13(6-9-15)19-10-7-14(12-25-19)17-11-18(17)22(28)26-20-4-2-1-3-16(20)21(24)27/h1-10,12,17-18H,11H2,(H2,24,27)(H,26,28)/t17-,18+/m0/s1. The Bertz CT molecular complexity index is 1030. The third-order valence-corrected chi connectivity index (χ3v) is 4.93. The minimum Gasteiger partial charge on any atom is -0.366 e. The predicted octanol–water partition coefficient (Wildman–Crippen LogP) is 3.73. The van der Waals surface area contributed by atoms with Crippen molar-refractivity contribution in [3.8, 4) is 11.3 Å². The van der Waals surface area contributed by atoms with Gasteiger partial charge < -0.3 is 11.1 Å². The van der Waals surface area contributed by atoms with Crippen molar-refractivity contribution in [3.63, 3.8) is 0 Å². The third kappa shape index (κ3) is 3.62. The Kier molecular flexibility index (Phi) is 4.61. The lowest BCUT2D eigenvalue weighted by Gasteiger charge is -2.09. The maximum Gasteiger partial charge on any atom is 0.250 e. The molecule has 0 unspecified atom stereocenters. The van der Waals surface area contributed by atoms with E-state index in [1.807, 2.05) is 12.1 Å². The van der Waals surface area contributed by atoms with Gasteiger partial charge in [-0.1, -0.05) is 18.2 Å². The molecule has 3 aromatic rings. The van der Waals surface area contributed by atoms with Crippen LogP contribution in [0.3, 0.4) is 0 Å². The Morgan fingerprint density at radius 1 is 1.04 bits per heavy atom. The van der Waals surface area contributed by atoms with Crippen molar-refractivity contribution in [2.24, 2.45) is 11.7 Å². The highest BCUT2D eigenvalue weighted by Gasteiger charge is 2.44. The van der Waals surface area contributed by atoms with Gasteiger partial charge in [0.05, 0.1) is 16.9 Å². The molecule has 5 nitrogen and oxygen atoms in total. The Morgan fingerprint density at radius 3 is 2.46 bits per heavy atom. The zero-order valence-corrected chi connectivity index (χ0v) is 14.9. The number of carbonyl (C=O) groups is 2. The van der Waals surface area contributed by atoms with Crippen molar-refractivity contribution in [3.05, 3.63) is 83.8 Å². The van der Waals surface area contributed by atoms with Crippen LogP contribution >= 0.6 is 0 Å². The summed E-state index contributed by atoms with van der Waals surface area (Å²) in [6.45, 7) is 0. The number of pyridine rings is 1. The lowest BCUT2D eigenvalue weighted by molar-refractivity contribution is -0.117. The Morgan fingerprint density at radius 2 is 1.79 bits per heavy atom. The van der Waals surface area contributed by atoms with Gasteiger partial charge in [0.1, 0.15) is 5.82 Å². The average molecular weight is 375 g/mol. The van der Waals surface area contributed by atoms with Gasteiger partial charge in [0.15, 0.2) is 0 Å². The molecule has 4 rings (SSSR count). The normalized spacial score (nSPS) is 17.8. The number of primary amides is 1.